The maximum Gasteiger partial charge on any atom is 0.326 e. The lowest BCUT2D eigenvalue weighted by Crippen LogP contribution is -2.58. The smallest absolute Gasteiger partial charge is 0.326 e. The number of fused-ring (bicyclic) bond motifs is 3. The van der Waals surface area contributed by atoms with Crippen molar-refractivity contribution in [3.05, 3.63) is 108 Å². The molecule has 14 heteroatoms. The zero-order chi connectivity index (χ0) is 36.1. The number of aromatic nitrogens is 3. The van der Waals surface area contributed by atoms with E-state index in [4.69, 9.17) is 5.73 Å². The lowest BCUT2D eigenvalue weighted by molar-refractivity contribution is -0.143. The molecule has 3 aromatic carbocycles. The Morgan fingerprint density at radius 2 is 0.941 bits per heavy atom. The van der Waals surface area contributed by atoms with Gasteiger partial charge in [-0.3, -0.25) is 19.2 Å². The second kappa shape index (κ2) is 15.0. The normalized spacial score (nSPS) is 13.7. The van der Waals surface area contributed by atoms with Crippen LogP contribution in [0, 0.1) is 0 Å². The van der Waals surface area contributed by atoms with Crippen molar-refractivity contribution in [2.24, 2.45) is 5.73 Å². The Labute approximate surface area is 290 Å². The van der Waals surface area contributed by atoms with Crippen LogP contribution in [-0.2, 0) is 43.2 Å². The van der Waals surface area contributed by atoms with E-state index in [1.165, 1.54) is 0 Å². The quantitative estimate of drug-likeness (QED) is 0.0774. The van der Waals surface area contributed by atoms with Crippen LogP contribution in [0.3, 0.4) is 0 Å². The number of hydrogen-bond acceptors (Lipinski definition) is 6. The molecule has 0 aliphatic carbocycles. The Morgan fingerprint density at radius 1 is 0.549 bits per heavy atom. The predicted molar refractivity (Wildman–Crippen MR) is 190 cm³/mol. The van der Waals surface area contributed by atoms with Crippen molar-refractivity contribution >= 4 is 62.4 Å². The molecule has 0 spiro atoms. The third-order valence-corrected chi connectivity index (χ3v) is 8.91. The van der Waals surface area contributed by atoms with Crippen molar-refractivity contribution in [1.82, 2.24) is 30.9 Å². The number of aliphatic carboxylic acids is 2. The van der Waals surface area contributed by atoms with E-state index in [1.807, 2.05) is 66.7 Å². The minimum Gasteiger partial charge on any atom is -0.481 e. The zero-order valence-corrected chi connectivity index (χ0v) is 27.3. The molecule has 0 aliphatic heterocycles. The van der Waals surface area contributed by atoms with Crippen LogP contribution in [0.25, 0.3) is 32.7 Å². The highest BCUT2D eigenvalue weighted by Gasteiger charge is 2.32. The van der Waals surface area contributed by atoms with Crippen LogP contribution < -0.4 is 21.7 Å². The Morgan fingerprint density at radius 3 is 1.41 bits per heavy atom. The maximum absolute atomic E-state index is 13.9. The van der Waals surface area contributed by atoms with Gasteiger partial charge in [0.2, 0.25) is 17.7 Å². The number of amides is 3. The third kappa shape index (κ3) is 7.92. The molecule has 14 nitrogen and oxygen atoms in total. The summed E-state index contributed by atoms with van der Waals surface area (Å²) in [6, 6.07) is 16.8. The first-order valence-electron chi connectivity index (χ1n) is 16.3. The Balaban J connectivity index is 1.21. The maximum atomic E-state index is 13.9. The number of carboxylic acids is 2. The summed E-state index contributed by atoms with van der Waals surface area (Å²) in [5, 5.41) is 29.6. The highest BCUT2D eigenvalue weighted by atomic mass is 16.4. The molecule has 0 aliphatic rings. The highest BCUT2D eigenvalue weighted by molar-refractivity contribution is 5.97. The fourth-order valence-corrected chi connectivity index (χ4v) is 6.29. The summed E-state index contributed by atoms with van der Waals surface area (Å²) in [7, 11) is 0. The third-order valence-electron chi connectivity index (χ3n) is 8.91. The molecule has 0 saturated heterocycles. The number of rotatable bonds is 15. The molecule has 0 fully saturated rings. The van der Waals surface area contributed by atoms with Gasteiger partial charge >= 0.3 is 11.9 Å². The molecule has 262 valence electrons. The Kier molecular flexibility index (Phi) is 10.1. The lowest BCUT2D eigenvalue weighted by Gasteiger charge is -2.24. The molecular formula is C37H37N7O7. The first-order chi connectivity index (χ1) is 24.6. The van der Waals surface area contributed by atoms with E-state index >= 15 is 0 Å². The lowest BCUT2D eigenvalue weighted by atomic mass is 10.0. The number of nitrogens with one attached hydrogen (secondary N) is 6. The SMILES string of the molecule is NC(Cc1c[nH]c2ccccc12)C(=O)NC(Cc1c[nH]c2ccccc12)C(=O)NC(CC(=O)O)C(=O)NC(Cc1c[nH]c2ccccc12)C(=O)O. The van der Waals surface area contributed by atoms with Gasteiger partial charge in [-0.15, -0.1) is 0 Å². The largest absolute Gasteiger partial charge is 0.481 e. The van der Waals surface area contributed by atoms with E-state index in [0.29, 0.717) is 11.1 Å². The van der Waals surface area contributed by atoms with Crippen molar-refractivity contribution in [1.29, 1.82) is 0 Å². The van der Waals surface area contributed by atoms with Gasteiger partial charge in [0.1, 0.15) is 18.1 Å². The van der Waals surface area contributed by atoms with Crippen LogP contribution in [0.4, 0.5) is 0 Å². The van der Waals surface area contributed by atoms with Crippen molar-refractivity contribution < 1.29 is 34.2 Å². The average molecular weight is 692 g/mol. The van der Waals surface area contributed by atoms with Gasteiger partial charge in [-0.1, -0.05) is 54.6 Å². The van der Waals surface area contributed by atoms with Gasteiger partial charge in [0, 0.05) is 64.1 Å². The number of carbonyl (C=O) groups excluding carboxylic acids is 3. The van der Waals surface area contributed by atoms with Gasteiger partial charge < -0.3 is 46.8 Å². The van der Waals surface area contributed by atoms with Gasteiger partial charge in [0.25, 0.3) is 0 Å². The molecule has 0 radical (unpaired) electrons. The van der Waals surface area contributed by atoms with Crippen molar-refractivity contribution in [2.75, 3.05) is 0 Å². The van der Waals surface area contributed by atoms with E-state index in [9.17, 15) is 34.2 Å². The summed E-state index contributed by atoms with van der Waals surface area (Å²) < 4.78 is 0. The molecule has 0 bridgehead atoms. The Bertz CT molecular complexity index is 2240. The average Bonchev–Trinajstić information content (AvgIpc) is 3.84. The molecule has 3 aromatic heterocycles. The molecule has 10 N–H and O–H groups in total. The molecule has 51 heavy (non-hydrogen) atoms. The molecular weight excluding hydrogens is 654 g/mol. The van der Waals surface area contributed by atoms with Gasteiger partial charge in [-0.2, -0.15) is 0 Å². The number of carboxylic acid groups (broad SMARTS) is 2. The second-order valence-electron chi connectivity index (χ2n) is 12.4. The predicted octanol–water partition coefficient (Wildman–Crippen LogP) is 2.50. The first kappa shape index (κ1) is 34.5. The molecule has 0 saturated carbocycles. The first-order valence-corrected chi connectivity index (χ1v) is 16.3. The van der Waals surface area contributed by atoms with Gasteiger partial charge in [0.15, 0.2) is 0 Å². The Hall–Kier alpha value is -6.41. The standard InChI is InChI=1S/C37H37N7O7/c38-26(13-20-17-39-27-10-4-1-7-23(20)27)34(47)42-30(14-21-18-40-28-11-5-2-8-24(21)28)35(48)43-31(16-33(45)46)36(49)44-32(37(50)51)15-22-19-41-29-12-6-3-9-25(22)29/h1-12,17-19,26,30-32,39-41H,13-16,38H2,(H,42,47)(H,43,48)(H,44,49)(H,45,46)(H,50,51). The van der Waals surface area contributed by atoms with E-state index in [-0.39, 0.29) is 19.3 Å². The monoisotopic (exact) mass is 691 g/mol. The molecule has 3 amide bonds. The molecule has 3 heterocycles. The number of para-hydroxylation sites is 3. The van der Waals surface area contributed by atoms with Crippen molar-refractivity contribution in [3.8, 4) is 0 Å². The number of aromatic amines is 3. The van der Waals surface area contributed by atoms with E-state index in [0.717, 1.165) is 38.3 Å². The summed E-state index contributed by atoms with van der Waals surface area (Å²) in [5.41, 5.74) is 10.9. The van der Waals surface area contributed by atoms with Crippen LogP contribution in [-0.4, -0.2) is 79.0 Å². The van der Waals surface area contributed by atoms with E-state index in [2.05, 4.69) is 30.9 Å². The molecule has 6 rings (SSSR count). The fraction of sp³-hybridized carbons (Fsp3) is 0.216. The summed E-state index contributed by atoms with van der Waals surface area (Å²) >= 11 is 0. The molecule has 4 atom stereocenters. The van der Waals surface area contributed by atoms with Crippen LogP contribution in [0.1, 0.15) is 23.1 Å². The summed E-state index contributed by atoms with van der Waals surface area (Å²) in [4.78, 5) is 74.3. The summed E-state index contributed by atoms with van der Waals surface area (Å²) in [5.74, 6) is -5.24. The zero-order valence-electron chi connectivity index (χ0n) is 27.3. The number of benzene rings is 3. The highest BCUT2D eigenvalue weighted by Crippen LogP contribution is 2.22. The van der Waals surface area contributed by atoms with Crippen LogP contribution in [0.15, 0.2) is 91.4 Å². The van der Waals surface area contributed by atoms with Crippen molar-refractivity contribution in [2.45, 2.75) is 49.9 Å². The number of hydrogen-bond donors (Lipinski definition) is 9. The fourth-order valence-electron chi connectivity index (χ4n) is 6.29. The van der Waals surface area contributed by atoms with E-state index in [1.54, 1.807) is 24.7 Å². The van der Waals surface area contributed by atoms with Crippen LogP contribution in [0.2, 0.25) is 0 Å². The van der Waals surface area contributed by atoms with Gasteiger partial charge in [0.05, 0.1) is 12.5 Å². The van der Waals surface area contributed by atoms with Crippen molar-refractivity contribution in [3.63, 3.8) is 0 Å². The van der Waals surface area contributed by atoms with Gasteiger partial charge in [-0.25, -0.2) is 4.79 Å². The summed E-state index contributed by atoms with van der Waals surface area (Å²) in [6.45, 7) is 0. The van der Waals surface area contributed by atoms with Crippen LogP contribution >= 0.6 is 0 Å². The number of carbonyl (C=O) groups is 5. The molecule has 4 unspecified atom stereocenters. The molecule has 6 aromatic rings. The van der Waals surface area contributed by atoms with E-state index < -0.39 is 60.2 Å². The minimum atomic E-state index is -1.66. The number of H-pyrrole nitrogens is 3. The topological polar surface area (TPSA) is 235 Å². The second-order valence-corrected chi connectivity index (χ2v) is 12.4. The number of nitrogens with two attached hydrogens (primary N) is 1. The van der Waals surface area contributed by atoms with Gasteiger partial charge in [-0.05, 0) is 41.3 Å². The summed E-state index contributed by atoms with van der Waals surface area (Å²) in [6.07, 6.45) is 4.30. The minimum absolute atomic E-state index is 0.0267. The van der Waals surface area contributed by atoms with Crippen LogP contribution in [0.5, 0.6) is 0 Å².